The Hall–Kier alpha value is 11.9. The molecular formula is C12H22K8O35S8. The first kappa shape index (κ1) is 88.8. The van der Waals surface area contributed by atoms with Gasteiger partial charge in [0.1, 0.15) is 37.1 Å². The summed E-state index contributed by atoms with van der Waals surface area (Å²) in [6, 6.07) is 0. The van der Waals surface area contributed by atoms with Gasteiger partial charge in [0.25, 0.3) is 0 Å². The van der Waals surface area contributed by atoms with E-state index in [-0.39, 0.29) is 411 Å². The Balaban J connectivity index is -0.000000784. The van der Waals surface area contributed by atoms with Crippen LogP contribution in [0.2, 0.25) is 0 Å². The number of rotatable bonds is 21. The molecule has 8 radical (unpaired) electrons. The Bertz CT molecular complexity index is 2310. The standard InChI is InChI=1S/C12H22O35S8.8K/c13-48(14,15)37-1-4-6(43-51(22,23)24)8(45-53(28,29)30)9(46-54(31,32)33)11(40-4)42-12(3-39-50(19,20)21)10(47-55(34,35)36)7(44-52(25,26)27)5(41-12)2-38-49(16,17)18;;;;;;;;/h4-11H,1-3H2,(H,13,14,15)(H,16,17,18)(H,19,20,21)(H,22,23,24)(H,25,26,27)(H,28,29,30)(H,31,32,33)(H,34,35,36);;;;;;;;/t4-,5-,6-,7-,8+,9-,10+,11-,12+;;;;;;;;/m1......../s1. The predicted octanol–water partition coefficient (Wildman–Crippen LogP) is -9.83. The average Bonchev–Trinajstić information content (AvgIpc) is 3.15. The van der Waals surface area contributed by atoms with E-state index in [0.29, 0.717) is 0 Å². The molecule has 51 heteroatoms. The Labute approximate surface area is 699 Å². The summed E-state index contributed by atoms with van der Waals surface area (Å²) >= 11 is 0. The molecule has 63 heavy (non-hydrogen) atoms. The zero-order chi connectivity index (χ0) is 43.0. The van der Waals surface area contributed by atoms with Crippen molar-refractivity contribution in [1.29, 1.82) is 0 Å². The van der Waals surface area contributed by atoms with Crippen molar-refractivity contribution in [3.05, 3.63) is 0 Å². The predicted molar refractivity (Wildman–Crippen MR) is 198 cm³/mol. The van der Waals surface area contributed by atoms with Crippen molar-refractivity contribution >= 4 is 494 Å². The van der Waals surface area contributed by atoms with Gasteiger partial charge < -0.3 is 14.2 Å². The molecule has 0 unspecified atom stereocenters. The summed E-state index contributed by atoms with van der Waals surface area (Å²) in [5.41, 5.74) is 0. The van der Waals surface area contributed by atoms with Crippen molar-refractivity contribution in [2.75, 3.05) is 19.8 Å². The van der Waals surface area contributed by atoms with E-state index in [1.807, 2.05) is 0 Å². The molecule has 336 valence electrons. The molecule has 2 aliphatic rings. The molecule has 2 aliphatic heterocycles. The van der Waals surface area contributed by atoms with Crippen molar-refractivity contribution in [2.45, 2.75) is 54.8 Å². The molecule has 0 aromatic rings. The summed E-state index contributed by atoms with van der Waals surface area (Å²) in [6.45, 7) is -6.25. The summed E-state index contributed by atoms with van der Waals surface area (Å²) in [6.07, 6.45) is -26.0. The molecule has 0 amide bonds. The largest absolute Gasteiger partial charge is 0.397 e. The topological polar surface area (TPSA) is 536 Å². The van der Waals surface area contributed by atoms with E-state index in [1.54, 1.807) is 0 Å². The maximum Gasteiger partial charge on any atom is 0.397 e. The molecule has 0 aliphatic carbocycles. The maximum atomic E-state index is 11.9. The van der Waals surface area contributed by atoms with Crippen molar-refractivity contribution < 1.29 is 151 Å². The molecule has 9 atom stereocenters. The van der Waals surface area contributed by atoms with E-state index in [0.717, 1.165) is 0 Å². The van der Waals surface area contributed by atoms with Crippen LogP contribution in [0.15, 0.2) is 0 Å². The van der Waals surface area contributed by atoms with Crippen LogP contribution in [0.3, 0.4) is 0 Å². The Morgan fingerprint density at radius 3 is 1.05 bits per heavy atom. The first-order valence-corrected chi connectivity index (χ1v) is 23.2. The normalized spacial score (nSPS) is 26.8. The molecular weight excluding hydrogens is 1270 g/mol. The molecule has 0 aromatic carbocycles. The second-order valence-corrected chi connectivity index (χ2v) is 18.2. The van der Waals surface area contributed by atoms with Crippen LogP contribution in [0, 0.1) is 0 Å². The number of hydrogen-bond acceptors (Lipinski definition) is 27. The second kappa shape index (κ2) is 36.4. The van der Waals surface area contributed by atoms with Crippen LogP contribution >= 0.6 is 0 Å². The fourth-order valence-electron chi connectivity index (χ4n) is 4.24. The smallest absolute Gasteiger partial charge is 0.341 e. The summed E-state index contributed by atoms with van der Waals surface area (Å²) in [7, 11) is -48.3. The monoisotopic (exact) mass is 1290 g/mol. The summed E-state index contributed by atoms with van der Waals surface area (Å²) in [5.74, 6) is -4.12. The van der Waals surface area contributed by atoms with Crippen LogP contribution in [0.1, 0.15) is 0 Å². The van der Waals surface area contributed by atoms with Crippen molar-refractivity contribution in [3.8, 4) is 0 Å². The van der Waals surface area contributed by atoms with E-state index < -0.39 is 158 Å². The molecule has 2 fully saturated rings. The van der Waals surface area contributed by atoms with Crippen LogP contribution < -0.4 is 0 Å². The molecule has 2 rings (SSSR count). The number of ether oxygens (including phenoxy) is 3. The second-order valence-electron chi connectivity index (χ2n) is 9.64. The Morgan fingerprint density at radius 2 is 0.698 bits per heavy atom. The van der Waals surface area contributed by atoms with Crippen molar-refractivity contribution in [1.82, 2.24) is 0 Å². The molecule has 0 saturated carbocycles. The van der Waals surface area contributed by atoms with Crippen molar-refractivity contribution in [3.63, 3.8) is 0 Å². The van der Waals surface area contributed by atoms with Gasteiger partial charge in [-0.2, -0.15) is 67.3 Å². The van der Waals surface area contributed by atoms with Crippen LogP contribution in [0.25, 0.3) is 0 Å². The SMILES string of the molecule is O=S(=O)(O)OC[C@H]1O[C@@](COS(=O)(=O)O)(O[C@H]2O[C@H](COS(=O)(=O)O)[C@@H](OS(=O)(=O)O)[C@H](OS(=O)(=O)O)[C@H]2OS(=O)(=O)O)[C@@H](OS(=O)(=O)O)[C@@H]1OS(=O)(=O)O.[K].[K].[K].[K].[K].[K].[K].[K]. The third-order valence-corrected chi connectivity index (χ3v) is 9.28. The molecule has 2 saturated heterocycles. The van der Waals surface area contributed by atoms with E-state index in [9.17, 15) is 94.7 Å². The van der Waals surface area contributed by atoms with Gasteiger partial charge in [-0.05, 0) is 0 Å². The molecule has 8 N–H and O–H groups in total. The first-order valence-electron chi connectivity index (χ1n) is 12.3. The zero-order valence-electron chi connectivity index (χ0n) is 33.1. The molecule has 2 heterocycles. The van der Waals surface area contributed by atoms with Gasteiger partial charge in [-0.3, -0.25) is 36.4 Å². The third kappa shape index (κ3) is 38.3. The van der Waals surface area contributed by atoms with E-state index in [4.69, 9.17) is 23.3 Å². The number of hydrogen-bond donors (Lipinski definition) is 8. The van der Waals surface area contributed by atoms with Crippen LogP contribution in [0.5, 0.6) is 0 Å². The van der Waals surface area contributed by atoms with E-state index in [2.05, 4.69) is 33.5 Å². The van der Waals surface area contributed by atoms with E-state index in [1.165, 1.54) is 0 Å². The molecule has 0 bridgehead atoms. The molecule has 0 spiro atoms. The van der Waals surface area contributed by atoms with Gasteiger partial charge in [-0.1, -0.05) is 0 Å². The zero-order valence-corrected chi connectivity index (χ0v) is 64.6. The minimum atomic E-state index is -6.24. The minimum Gasteiger partial charge on any atom is -0.341 e. The molecule has 0 aromatic heterocycles. The Morgan fingerprint density at radius 1 is 0.381 bits per heavy atom. The van der Waals surface area contributed by atoms with Crippen LogP contribution in [-0.2, 0) is 131 Å². The van der Waals surface area contributed by atoms with Gasteiger partial charge in [0.2, 0.25) is 5.79 Å². The van der Waals surface area contributed by atoms with Crippen LogP contribution in [0.4, 0.5) is 0 Å². The quantitative estimate of drug-likeness (QED) is 0.0391. The van der Waals surface area contributed by atoms with Crippen molar-refractivity contribution in [2.24, 2.45) is 0 Å². The van der Waals surface area contributed by atoms with Gasteiger partial charge in [0.05, 0.1) is 13.2 Å². The van der Waals surface area contributed by atoms with Gasteiger partial charge >= 0.3 is 83.2 Å². The fraction of sp³-hybridized carbons (Fsp3) is 1.00. The first-order chi connectivity index (χ1) is 24.2. The summed E-state index contributed by atoms with van der Waals surface area (Å²) in [5, 5.41) is 0. The summed E-state index contributed by atoms with van der Waals surface area (Å²) < 4.78 is 307. The molecule has 35 nitrogen and oxygen atoms in total. The van der Waals surface area contributed by atoms with E-state index >= 15 is 0 Å². The van der Waals surface area contributed by atoms with Gasteiger partial charge in [-0.25, -0.2) is 33.5 Å². The fourth-order valence-corrected chi connectivity index (χ4v) is 7.68. The Kier molecular flexibility index (Phi) is 51.3. The average molecular weight is 1300 g/mol. The van der Waals surface area contributed by atoms with Gasteiger partial charge in [0, 0.05) is 411 Å². The minimum absolute atomic E-state index is 0. The maximum absolute atomic E-state index is 11.9. The summed E-state index contributed by atoms with van der Waals surface area (Å²) in [4.78, 5) is 0. The van der Waals surface area contributed by atoms with Crippen LogP contribution in [-0.4, -0.2) is 589 Å². The van der Waals surface area contributed by atoms with Gasteiger partial charge in [0.15, 0.2) is 18.5 Å². The third-order valence-electron chi connectivity index (χ3n) is 5.68. The van der Waals surface area contributed by atoms with Gasteiger partial charge in [-0.15, -0.1) is 0 Å².